The molecule has 0 radical (unpaired) electrons. The monoisotopic (exact) mass is 229 g/mol. The summed E-state index contributed by atoms with van der Waals surface area (Å²) in [4.78, 5) is 12.8. The van der Waals surface area contributed by atoms with Gasteiger partial charge in [-0.1, -0.05) is 6.07 Å². The first-order valence-corrected chi connectivity index (χ1v) is 5.47. The van der Waals surface area contributed by atoms with Crippen molar-refractivity contribution in [1.82, 2.24) is 15.0 Å². The number of aromatic nitrogens is 3. The van der Waals surface area contributed by atoms with Crippen LogP contribution in [0, 0.1) is 0 Å². The molecule has 0 atom stereocenters. The number of hydrogen-bond acceptors (Lipinski definition) is 5. The van der Waals surface area contributed by atoms with Gasteiger partial charge >= 0.3 is 0 Å². The van der Waals surface area contributed by atoms with Crippen LogP contribution in [0.3, 0.4) is 0 Å². The quantitative estimate of drug-likeness (QED) is 0.841. The molecule has 88 valence electrons. The summed E-state index contributed by atoms with van der Waals surface area (Å²) in [5, 5.41) is 3.20. The van der Waals surface area contributed by atoms with Crippen LogP contribution in [0.25, 0.3) is 11.5 Å². The van der Waals surface area contributed by atoms with Gasteiger partial charge in [-0.15, -0.1) is 0 Å². The zero-order valence-electron chi connectivity index (χ0n) is 9.88. The Kier molecular flexibility index (Phi) is 3.18. The second-order valence-corrected chi connectivity index (χ2v) is 4.02. The lowest BCUT2D eigenvalue weighted by Gasteiger charge is -2.10. The van der Waals surface area contributed by atoms with Crippen LogP contribution in [-0.2, 0) is 0 Å². The van der Waals surface area contributed by atoms with E-state index in [0.29, 0.717) is 29.2 Å². The standard InChI is InChI=1S/C12H15N5/c1-8(2)15-11-7-10(13)16-12(17-11)9-5-3-4-6-14-9/h3-8H,1-2H3,(H3,13,15,16,17). The molecule has 0 bridgehead atoms. The van der Waals surface area contributed by atoms with Crippen molar-refractivity contribution in [2.24, 2.45) is 0 Å². The summed E-state index contributed by atoms with van der Waals surface area (Å²) >= 11 is 0. The van der Waals surface area contributed by atoms with Gasteiger partial charge in [-0.05, 0) is 26.0 Å². The molecule has 0 amide bonds. The maximum absolute atomic E-state index is 5.75. The lowest BCUT2D eigenvalue weighted by molar-refractivity contribution is 0.887. The molecule has 5 nitrogen and oxygen atoms in total. The van der Waals surface area contributed by atoms with Crippen LogP contribution in [0.1, 0.15) is 13.8 Å². The van der Waals surface area contributed by atoms with Gasteiger partial charge in [0.25, 0.3) is 0 Å². The van der Waals surface area contributed by atoms with E-state index < -0.39 is 0 Å². The minimum atomic E-state index is 0.292. The maximum atomic E-state index is 5.75. The third-order valence-corrected chi connectivity index (χ3v) is 2.08. The average molecular weight is 229 g/mol. The first kappa shape index (κ1) is 11.3. The molecule has 0 saturated carbocycles. The van der Waals surface area contributed by atoms with Crippen LogP contribution in [0.4, 0.5) is 11.6 Å². The smallest absolute Gasteiger partial charge is 0.182 e. The normalized spacial score (nSPS) is 10.5. The van der Waals surface area contributed by atoms with Crippen LogP contribution >= 0.6 is 0 Å². The molecule has 17 heavy (non-hydrogen) atoms. The molecule has 2 aromatic rings. The molecule has 0 aromatic carbocycles. The van der Waals surface area contributed by atoms with E-state index in [4.69, 9.17) is 5.73 Å². The Balaban J connectivity index is 2.38. The first-order chi connectivity index (χ1) is 8.15. The predicted octanol–water partition coefficient (Wildman–Crippen LogP) is 1.94. The van der Waals surface area contributed by atoms with Crippen molar-refractivity contribution in [2.75, 3.05) is 11.1 Å². The summed E-state index contributed by atoms with van der Waals surface area (Å²) < 4.78 is 0. The molecule has 0 aliphatic rings. The number of nitrogens with one attached hydrogen (secondary N) is 1. The lowest BCUT2D eigenvalue weighted by atomic mass is 10.3. The van der Waals surface area contributed by atoms with Gasteiger partial charge in [0, 0.05) is 18.3 Å². The number of nitrogens with zero attached hydrogens (tertiary/aromatic N) is 3. The fraction of sp³-hybridized carbons (Fsp3) is 0.250. The molecule has 0 spiro atoms. The Morgan fingerprint density at radius 2 is 2.06 bits per heavy atom. The van der Waals surface area contributed by atoms with E-state index in [0.717, 1.165) is 0 Å². The first-order valence-electron chi connectivity index (χ1n) is 5.47. The van der Waals surface area contributed by atoms with E-state index >= 15 is 0 Å². The Morgan fingerprint density at radius 1 is 1.24 bits per heavy atom. The molecule has 2 heterocycles. The summed E-state index contributed by atoms with van der Waals surface area (Å²) in [6, 6.07) is 7.61. The summed E-state index contributed by atoms with van der Waals surface area (Å²) in [5.41, 5.74) is 6.47. The van der Waals surface area contributed by atoms with E-state index in [2.05, 4.69) is 20.3 Å². The Morgan fingerprint density at radius 3 is 2.71 bits per heavy atom. The molecule has 0 aliphatic heterocycles. The molecular weight excluding hydrogens is 214 g/mol. The van der Waals surface area contributed by atoms with Crippen molar-refractivity contribution in [3.63, 3.8) is 0 Å². The summed E-state index contributed by atoms with van der Waals surface area (Å²) in [6.45, 7) is 4.08. The molecule has 0 fully saturated rings. The van der Waals surface area contributed by atoms with E-state index in [9.17, 15) is 0 Å². The number of anilines is 2. The number of hydrogen-bond donors (Lipinski definition) is 2. The van der Waals surface area contributed by atoms with Crippen LogP contribution in [0.15, 0.2) is 30.5 Å². The van der Waals surface area contributed by atoms with Gasteiger partial charge < -0.3 is 11.1 Å². The maximum Gasteiger partial charge on any atom is 0.182 e. The lowest BCUT2D eigenvalue weighted by Crippen LogP contribution is -2.12. The van der Waals surface area contributed by atoms with Crippen LogP contribution in [0.2, 0.25) is 0 Å². The highest BCUT2D eigenvalue weighted by Crippen LogP contribution is 2.16. The highest BCUT2D eigenvalue weighted by Gasteiger charge is 2.06. The van der Waals surface area contributed by atoms with E-state index in [1.165, 1.54) is 0 Å². The fourth-order valence-electron chi connectivity index (χ4n) is 1.45. The SMILES string of the molecule is CC(C)Nc1cc(N)nc(-c2ccccn2)n1. The number of nitrogen functional groups attached to an aromatic ring is 1. The number of pyridine rings is 1. The van der Waals surface area contributed by atoms with Gasteiger partial charge in [0.05, 0.1) is 0 Å². The van der Waals surface area contributed by atoms with Crippen LogP contribution in [0.5, 0.6) is 0 Å². The second kappa shape index (κ2) is 4.78. The van der Waals surface area contributed by atoms with E-state index in [1.807, 2.05) is 32.0 Å². The van der Waals surface area contributed by atoms with Gasteiger partial charge in [0.2, 0.25) is 0 Å². The van der Waals surface area contributed by atoms with Crippen molar-refractivity contribution in [2.45, 2.75) is 19.9 Å². The second-order valence-electron chi connectivity index (χ2n) is 4.02. The molecular formula is C12H15N5. The Bertz CT molecular complexity index is 496. The molecule has 0 saturated heterocycles. The third-order valence-electron chi connectivity index (χ3n) is 2.08. The Labute approximate surface area is 100 Å². The summed E-state index contributed by atoms with van der Waals surface area (Å²) in [6.07, 6.45) is 1.71. The van der Waals surface area contributed by atoms with Crippen molar-refractivity contribution in [3.8, 4) is 11.5 Å². The number of nitrogens with two attached hydrogens (primary N) is 1. The average Bonchev–Trinajstić information content (AvgIpc) is 2.28. The third kappa shape index (κ3) is 2.90. The minimum Gasteiger partial charge on any atom is -0.384 e. The van der Waals surface area contributed by atoms with E-state index in [1.54, 1.807) is 12.3 Å². The van der Waals surface area contributed by atoms with Crippen molar-refractivity contribution < 1.29 is 0 Å². The fourth-order valence-corrected chi connectivity index (χ4v) is 1.45. The minimum absolute atomic E-state index is 0.292. The number of rotatable bonds is 3. The van der Waals surface area contributed by atoms with E-state index in [-0.39, 0.29) is 0 Å². The Hall–Kier alpha value is -2.17. The van der Waals surface area contributed by atoms with Gasteiger partial charge in [0.1, 0.15) is 17.3 Å². The van der Waals surface area contributed by atoms with Gasteiger partial charge in [-0.2, -0.15) is 0 Å². The molecule has 2 aromatic heterocycles. The largest absolute Gasteiger partial charge is 0.384 e. The zero-order valence-corrected chi connectivity index (χ0v) is 9.88. The molecule has 3 N–H and O–H groups in total. The van der Waals surface area contributed by atoms with Gasteiger partial charge in [0.15, 0.2) is 5.82 Å². The summed E-state index contributed by atoms with van der Waals surface area (Å²) in [7, 11) is 0. The highest BCUT2D eigenvalue weighted by molar-refractivity contribution is 5.56. The van der Waals surface area contributed by atoms with Crippen molar-refractivity contribution >= 4 is 11.6 Å². The van der Waals surface area contributed by atoms with Gasteiger partial charge in [-0.3, -0.25) is 4.98 Å². The topological polar surface area (TPSA) is 76.7 Å². The highest BCUT2D eigenvalue weighted by atomic mass is 15.1. The molecule has 5 heteroatoms. The molecule has 0 unspecified atom stereocenters. The molecule has 0 aliphatic carbocycles. The van der Waals surface area contributed by atoms with Gasteiger partial charge in [-0.25, -0.2) is 9.97 Å². The van der Waals surface area contributed by atoms with Crippen LogP contribution < -0.4 is 11.1 Å². The zero-order chi connectivity index (χ0) is 12.3. The van der Waals surface area contributed by atoms with Crippen molar-refractivity contribution in [1.29, 1.82) is 0 Å². The summed E-state index contributed by atoms with van der Waals surface area (Å²) in [5.74, 6) is 1.69. The van der Waals surface area contributed by atoms with Crippen LogP contribution in [-0.4, -0.2) is 21.0 Å². The van der Waals surface area contributed by atoms with Crippen molar-refractivity contribution in [3.05, 3.63) is 30.5 Å². The predicted molar refractivity (Wildman–Crippen MR) is 68.4 cm³/mol. The molecule has 2 rings (SSSR count).